The van der Waals surface area contributed by atoms with Crippen LogP contribution in [0.1, 0.15) is 10.4 Å². The molecule has 0 aliphatic heterocycles. The Morgan fingerprint density at radius 3 is 2.58 bits per heavy atom. The number of para-hydroxylation sites is 1. The van der Waals surface area contributed by atoms with E-state index in [0.717, 1.165) is 19.0 Å². The third-order valence-corrected chi connectivity index (χ3v) is 5.08. The second-order valence-electron chi connectivity index (χ2n) is 3.84. The van der Waals surface area contributed by atoms with E-state index in [1.807, 2.05) is 48.5 Å². The predicted octanol–water partition coefficient (Wildman–Crippen LogP) is 4.99. The van der Waals surface area contributed by atoms with Gasteiger partial charge in [-0.15, -0.1) is 11.3 Å². The molecule has 0 saturated heterocycles. The van der Waals surface area contributed by atoms with Gasteiger partial charge in [0, 0.05) is 10.0 Å². The molecule has 0 amide bonds. The second kappa shape index (κ2) is 5.45. The minimum Gasteiger partial charge on any atom is -0.281 e. The molecule has 5 heteroatoms. The number of benzene rings is 2. The number of rotatable bonds is 2. The van der Waals surface area contributed by atoms with Gasteiger partial charge in [-0.1, -0.05) is 28.1 Å². The van der Waals surface area contributed by atoms with Crippen molar-refractivity contribution < 1.29 is 4.79 Å². The zero-order chi connectivity index (χ0) is 13.2. The highest BCUT2D eigenvalue weighted by Gasteiger charge is 2.11. The molecule has 19 heavy (non-hydrogen) atoms. The average Bonchev–Trinajstić information content (AvgIpc) is 2.81. The highest BCUT2D eigenvalue weighted by molar-refractivity contribution is 9.10. The summed E-state index contributed by atoms with van der Waals surface area (Å²) in [4.78, 5) is 16.6. The van der Waals surface area contributed by atoms with E-state index >= 15 is 0 Å². The molecule has 1 aromatic heterocycles. The summed E-state index contributed by atoms with van der Waals surface area (Å²) in [7, 11) is 0. The van der Waals surface area contributed by atoms with Gasteiger partial charge in [-0.05, 0) is 48.2 Å². The highest BCUT2D eigenvalue weighted by Crippen LogP contribution is 2.31. The molecule has 0 fully saturated rings. The minimum atomic E-state index is 0.0200. The second-order valence-corrected chi connectivity index (χ2v) is 7.01. The number of carbonyl (C=O) groups is 1. The van der Waals surface area contributed by atoms with E-state index in [1.54, 1.807) is 11.3 Å². The Kier molecular flexibility index (Phi) is 3.68. The van der Waals surface area contributed by atoms with Crippen LogP contribution in [-0.2, 0) is 0 Å². The summed E-state index contributed by atoms with van der Waals surface area (Å²) < 4.78 is 2.86. The molecule has 0 unspecified atom stereocenters. The molecule has 3 aromatic rings. The van der Waals surface area contributed by atoms with E-state index in [9.17, 15) is 4.79 Å². The Morgan fingerprint density at radius 2 is 1.84 bits per heavy atom. The van der Waals surface area contributed by atoms with Crippen LogP contribution in [0.25, 0.3) is 10.2 Å². The van der Waals surface area contributed by atoms with Gasteiger partial charge >= 0.3 is 0 Å². The summed E-state index contributed by atoms with van der Waals surface area (Å²) in [5.41, 5.74) is 1.63. The van der Waals surface area contributed by atoms with Crippen molar-refractivity contribution in [3.05, 3.63) is 58.6 Å². The van der Waals surface area contributed by atoms with E-state index in [-0.39, 0.29) is 5.12 Å². The first kappa shape index (κ1) is 12.8. The largest absolute Gasteiger partial charge is 0.281 e. The normalized spacial score (nSPS) is 10.8. The van der Waals surface area contributed by atoms with Gasteiger partial charge in [-0.3, -0.25) is 4.79 Å². The van der Waals surface area contributed by atoms with Crippen LogP contribution in [0.3, 0.4) is 0 Å². The fourth-order valence-electron chi connectivity index (χ4n) is 1.62. The van der Waals surface area contributed by atoms with Gasteiger partial charge in [-0.25, -0.2) is 4.98 Å². The molecule has 0 radical (unpaired) electrons. The van der Waals surface area contributed by atoms with Gasteiger partial charge in [-0.2, -0.15) is 0 Å². The maximum absolute atomic E-state index is 12.1. The van der Waals surface area contributed by atoms with E-state index in [4.69, 9.17) is 0 Å². The van der Waals surface area contributed by atoms with Crippen LogP contribution in [0.2, 0.25) is 0 Å². The molecule has 0 aliphatic carbocycles. The first-order valence-electron chi connectivity index (χ1n) is 5.56. The topological polar surface area (TPSA) is 30.0 Å². The molecule has 3 rings (SSSR count). The molecule has 94 valence electrons. The lowest BCUT2D eigenvalue weighted by Gasteiger charge is -1.97. The van der Waals surface area contributed by atoms with Crippen molar-refractivity contribution in [2.24, 2.45) is 0 Å². The summed E-state index contributed by atoms with van der Waals surface area (Å²) in [6.45, 7) is 0. The van der Waals surface area contributed by atoms with Crippen LogP contribution in [0, 0.1) is 0 Å². The number of aromatic nitrogens is 1. The first-order chi connectivity index (χ1) is 9.22. The Bertz CT molecular complexity index is 704. The Labute approximate surface area is 127 Å². The number of thioether (sulfide) groups is 1. The molecule has 2 aromatic carbocycles. The van der Waals surface area contributed by atoms with E-state index in [0.29, 0.717) is 5.56 Å². The lowest BCUT2D eigenvalue weighted by molar-refractivity contribution is 0.108. The van der Waals surface area contributed by atoms with Crippen LogP contribution in [0.4, 0.5) is 0 Å². The van der Waals surface area contributed by atoms with E-state index in [1.165, 1.54) is 11.8 Å². The zero-order valence-electron chi connectivity index (χ0n) is 9.67. The number of thiazole rings is 1. The molecule has 1 heterocycles. The number of fused-ring (bicyclic) bond motifs is 1. The molecule has 0 N–H and O–H groups in total. The predicted molar refractivity (Wildman–Crippen MR) is 83.9 cm³/mol. The van der Waals surface area contributed by atoms with Crippen LogP contribution in [0.5, 0.6) is 0 Å². The van der Waals surface area contributed by atoms with Crippen molar-refractivity contribution >= 4 is 54.4 Å². The van der Waals surface area contributed by atoms with E-state index in [2.05, 4.69) is 20.9 Å². The Hall–Kier alpha value is -1.17. The van der Waals surface area contributed by atoms with Gasteiger partial charge in [0.1, 0.15) is 0 Å². The standard InChI is InChI=1S/C14H8BrNOS2/c15-10-7-5-9(6-8-10)13(17)19-14-16-11-3-1-2-4-12(11)18-14/h1-8H. The molecule has 0 saturated carbocycles. The lowest BCUT2D eigenvalue weighted by atomic mass is 10.2. The van der Waals surface area contributed by atoms with Crippen molar-refractivity contribution in [3.8, 4) is 0 Å². The molecule has 2 nitrogen and oxygen atoms in total. The third kappa shape index (κ3) is 2.88. The summed E-state index contributed by atoms with van der Waals surface area (Å²) in [5.74, 6) is 0. The first-order valence-corrected chi connectivity index (χ1v) is 7.98. The smallest absolute Gasteiger partial charge is 0.226 e. The molecule has 0 bridgehead atoms. The minimum absolute atomic E-state index is 0.0200. The summed E-state index contributed by atoms with van der Waals surface area (Å²) >= 11 is 6.08. The molecule has 0 spiro atoms. The molecule has 0 atom stereocenters. The van der Waals surface area contributed by atoms with Crippen LogP contribution in [0.15, 0.2) is 57.3 Å². The molecular formula is C14H8BrNOS2. The highest BCUT2D eigenvalue weighted by atomic mass is 79.9. The molecule has 0 aliphatic rings. The maximum Gasteiger partial charge on any atom is 0.226 e. The van der Waals surface area contributed by atoms with Gasteiger partial charge in [0.15, 0.2) is 4.34 Å². The molecular weight excluding hydrogens is 342 g/mol. The SMILES string of the molecule is O=C(Sc1nc2ccccc2s1)c1ccc(Br)cc1. The average molecular weight is 350 g/mol. The van der Waals surface area contributed by atoms with Crippen molar-refractivity contribution in [1.82, 2.24) is 4.98 Å². The van der Waals surface area contributed by atoms with Crippen LogP contribution >= 0.6 is 39.0 Å². The summed E-state index contributed by atoms with van der Waals surface area (Å²) in [6.07, 6.45) is 0. The Balaban J connectivity index is 1.84. The van der Waals surface area contributed by atoms with E-state index < -0.39 is 0 Å². The fourth-order valence-corrected chi connectivity index (χ4v) is 3.80. The van der Waals surface area contributed by atoms with Crippen molar-refractivity contribution in [3.63, 3.8) is 0 Å². The number of hydrogen-bond donors (Lipinski definition) is 0. The van der Waals surface area contributed by atoms with Gasteiger partial charge < -0.3 is 0 Å². The number of hydrogen-bond acceptors (Lipinski definition) is 4. The number of carbonyl (C=O) groups excluding carboxylic acids is 1. The van der Waals surface area contributed by atoms with Crippen LogP contribution < -0.4 is 0 Å². The van der Waals surface area contributed by atoms with Crippen LogP contribution in [-0.4, -0.2) is 10.1 Å². The maximum atomic E-state index is 12.1. The Morgan fingerprint density at radius 1 is 1.11 bits per heavy atom. The quantitative estimate of drug-likeness (QED) is 0.610. The zero-order valence-corrected chi connectivity index (χ0v) is 12.9. The summed E-state index contributed by atoms with van der Waals surface area (Å²) in [6, 6.07) is 15.3. The summed E-state index contributed by atoms with van der Waals surface area (Å²) in [5, 5.41) is 0.0200. The lowest BCUT2D eigenvalue weighted by Crippen LogP contribution is -1.91. The van der Waals surface area contributed by atoms with Gasteiger partial charge in [0.2, 0.25) is 5.12 Å². The van der Waals surface area contributed by atoms with Crippen molar-refractivity contribution in [2.45, 2.75) is 4.34 Å². The van der Waals surface area contributed by atoms with Gasteiger partial charge in [0.25, 0.3) is 0 Å². The third-order valence-electron chi connectivity index (χ3n) is 2.53. The van der Waals surface area contributed by atoms with Gasteiger partial charge in [0.05, 0.1) is 10.2 Å². The fraction of sp³-hybridized carbons (Fsp3) is 0. The monoisotopic (exact) mass is 349 g/mol. The number of halogens is 1. The number of nitrogens with zero attached hydrogens (tertiary/aromatic N) is 1. The van der Waals surface area contributed by atoms with Crippen molar-refractivity contribution in [2.75, 3.05) is 0 Å². The van der Waals surface area contributed by atoms with Crippen molar-refractivity contribution in [1.29, 1.82) is 0 Å².